The predicted octanol–water partition coefficient (Wildman–Crippen LogP) is 2.11. The third-order valence-electron chi connectivity index (χ3n) is 3.22. The number of hydrogen-bond acceptors (Lipinski definition) is 3. The van der Waals surface area contributed by atoms with Gasteiger partial charge in [-0.3, -0.25) is 0 Å². The third-order valence-corrected chi connectivity index (χ3v) is 3.22. The Morgan fingerprint density at radius 3 is 3.00 bits per heavy atom. The molecule has 0 saturated heterocycles. The first kappa shape index (κ1) is 11.4. The summed E-state index contributed by atoms with van der Waals surface area (Å²) in [5.41, 5.74) is 3.54. The van der Waals surface area contributed by atoms with Crippen molar-refractivity contribution >= 4 is 17.0 Å². The fourth-order valence-electron chi connectivity index (χ4n) is 2.30. The molecule has 3 aromatic rings. The van der Waals surface area contributed by atoms with Gasteiger partial charge in [0.2, 0.25) is 0 Å². The standard InChI is InChI=1S/C14H12N4O/c1-9-13(18-8-17-9)10(4-6-19)12-7-16-14-11(12)3-2-5-15-14/h2-5,7-8,10H,1H3,(H,15,16)(H,17,18). The average Bonchev–Trinajstić information content (AvgIpc) is 3.03. The van der Waals surface area contributed by atoms with Crippen LogP contribution in [0.25, 0.3) is 11.0 Å². The molecule has 0 amide bonds. The Hall–Kier alpha value is -2.65. The molecule has 1 unspecified atom stereocenters. The molecule has 0 aromatic carbocycles. The highest BCUT2D eigenvalue weighted by atomic mass is 16.1. The minimum absolute atomic E-state index is 0.221. The quantitative estimate of drug-likeness (QED) is 0.701. The van der Waals surface area contributed by atoms with E-state index in [0.717, 1.165) is 28.0 Å². The lowest BCUT2D eigenvalue weighted by Gasteiger charge is -2.09. The van der Waals surface area contributed by atoms with E-state index in [0.29, 0.717) is 0 Å². The zero-order chi connectivity index (χ0) is 13.2. The van der Waals surface area contributed by atoms with E-state index in [1.54, 1.807) is 12.5 Å². The van der Waals surface area contributed by atoms with Gasteiger partial charge in [0.05, 0.1) is 17.9 Å². The number of allylic oxidation sites excluding steroid dienone is 1. The van der Waals surface area contributed by atoms with Gasteiger partial charge in [-0.25, -0.2) is 14.8 Å². The van der Waals surface area contributed by atoms with Gasteiger partial charge in [-0.2, -0.15) is 0 Å². The molecule has 3 rings (SSSR count). The molecule has 3 heterocycles. The number of rotatable bonds is 3. The monoisotopic (exact) mass is 252 g/mol. The molecule has 0 radical (unpaired) electrons. The van der Waals surface area contributed by atoms with Crippen molar-refractivity contribution in [1.82, 2.24) is 19.9 Å². The van der Waals surface area contributed by atoms with E-state index in [1.807, 2.05) is 31.2 Å². The smallest absolute Gasteiger partial charge is 0.137 e. The first-order valence-electron chi connectivity index (χ1n) is 5.94. The molecule has 0 saturated carbocycles. The first-order valence-corrected chi connectivity index (χ1v) is 5.94. The number of hydrogen-bond donors (Lipinski definition) is 2. The van der Waals surface area contributed by atoms with Crippen LogP contribution in [0, 0.1) is 6.92 Å². The number of aromatic amines is 2. The average molecular weight is 252 g/mol. The highest BCUT2D eigenvalue weighted by Gasteiger charge is 2.20. The second-order valence-corrected chi connectivity index (χ2v) is 4.32. The highest BCUT2D eigenvalue weighted by Crippen LogP contribution is 2.30. The van der Waals surface area contributed by atoms with Crippen molar-refractivity contribution in [3.8, 4) is 0 Å². The van der Waals surface area contributed by atoms with E-state index >= 15 is 0 Å². The molecule has 94 valence electrons. The van der Waals surface area contributed by atoms with Crippen LogP contribution < -0.4 is 0 Å². The van der Waals surface area contributed by atoms with Crippen LogP contribution in [0.3, 0.4) is 0 Å². The number of H-pyrrole nitrogens is 2. The summed E-state index contributed by atoms with van der Waals surface area (Å²) in [4.78, 5) is 25.5. The Morgan fingerprint density at radius 2 is 2.26 bits per heavy atom. The molecule has 19 heavy (non-hydrogen) atoms. The molecule has 3 aromatic heterocycles. The number of imidazole rings is 1. The number of carbonyl (C=O) groups excluding carboxylic acids is 1. The number of pyridine rings is 1. The lowest BCUT2D eigenvalue weighted by Crippen LogP contribution is -2.00. The summed E-state index contributed by atoms with van der Waals surface area (Å²) in [6.45, 7) is 1.93. The summed E-state index contributed by atoms with van der Waals surface area (Å²) in [5.74, 6) is 1.65. The number of aryl methyl sites for hydroxylation is 1. The van der Waals surface area contributed by atoms with Gasteiger partial charge < -0.3 is 9.97 Å². The van der Waals surface area contributed by atoms with Gasteiger partial charge in [0, 0.05) is 29.5 Å². The van der Waals surface area contributed by atoms with E-state index in [2.05, 4.69) is 19.9 Å². The number of fused-ring (bicyclic) bond motifs is 1. The summed E-state index contributed by atoms with van der Waals surface area (Å²) in [6, 6.07) is 3.85. The largest absolute Gasteiger partial charge is 0.348 e. The van der Waals surface area contributed by atoms with Gasteiger partial charge in [-0.1, -0.05) is 0 Å². The van der Waals surface area contributed by atoms with Crippen molar-refractivity contribution in [3.05, 3.63) is 53.9 Å². The van der Waals surface area contributed by atoms with E-state index in [4.69, 9.17) is 0 Å². The SMILES string of the molecule is Cc1[nH]cnc1C(C=C=O)c1c[nH]c2ncccc12. The van der Waals surface area contributed by atoms with Gasteiger partial charge in [-0.05, 0) is 24.6 Å². The van der Waals surface area contributed by atoms with Crippen molar-refractivity contribution in [2.45, 2.75) is 12.8 Å². The molecule has 0 fully saturated rings. The van der Waals surface area contributed by atoms with Crippen LogP contribution in [-0.2, 0) is 4.79 Å². The second kappa shape index (κ2) is 4.55. The van der Waals surface area contributed by atoms with Crippen molar-refractivity contribution in [2.75, 3.05) is 0 Å². The summed E-state index contributed by atoms with van der Waals surface area (Å²) in [7, 11) is 0. The zero-order valence-corrected chi connectivity index (χ0v) is 10.3. The summed E-state index contributed by atoms with van der Waals surface area (Å²) >= 11 is 0. The maximum Gasteiger partial charge on any atom is 0.137 e. The van der Waals surface area contributed by atoms with Crippen LogP contribution in [0.2, 0.25) is 0 Å². The lowest BCUT2D eigenvalue weighted by atomic mass is 9.95. The number of nitrogens with zero attached hydrogens (tertiary/aromatic N) is 2. The molecular formula is C14H12N4O. The molecule has 0 spiro atoms. The molecule has 0 aliphatic heterocycles. The second-order valence-electron chi connectivity index (χ2n) is 4.32. The van der Waals surface area contributed by atoms with Crippen LogP contribution in [0.15, 0.2) is 36.9 Å². The third kappa shape index (κ3) is 1.86. The summed E-state index contributed by atoms with van der Waals surface area (Å²) in [5, 5.41) is 0.987. The van der Waals surface area contributed by atoms with Crippen LogP contribution in [0.4, 0.5) is 0 Å². The van der Waals surface area contributed by atoms with Crippen molar-refractivity contribution < 1.29 is 4.79 Å². The fourth-order valence-corrected chi connectivity index (χ4v) is 2.30. The van der Waals surface area contributed by atoms with E-state index in [-0.39, 0.29) is 5.92 Å². The molecule has 1 atom stereocenters. The van der Waals surface area contributed by atoms with E-state index in [9.17, 15) is 4.79 Å². The number of aromatic nitrogens is 4. The molecule has 5 heteroatoms. The Labute approximate surface area is 109 Å². The molecule has 0 bridgehead atoms. The van der Waals surface area contributed by atoms with Gasteiger partial charge in [0.15, 0.2) is 0 Å². The Balaban J connectivity index is 2.21. The topological polar surface area (TPSA) is 74.4 Å². The maximum absolute atomic E-state index is 10.8. The van der Waals surface area contributed by atoms with E-state index in [1.165, 1.54) is 6.08 Å². The number of nitrogens with one attached hydrogen (secondary N) is 2. The Bertz CT molecular complexity index is 764. The van der Waals surface area contributed by atoms with Gasteiger partial charge in [0.1, 0.15) is 11.6 Å². The highest BCUT2D eigenvalue weighted by molar-refractivity contribution is 5.81. The van der Waals surface area contributed by atoms with Crippen LogP contribution in [0.1, 0.15) is 22.9 Å². The molecular weight excluding hydrogens is 240 g/mol. The molecule has 0 aliphatic rings. The molecule has 2 N–H and O–H groups in total. The first-order chi connectivity index (χ1) is 9.31. The Kier molecular flexibility index (Phi) is 2.74. The van der Waals surface area contributed by atoms with Crippen LogP contribution in [-0.4, -0.2) is 25.9 Å². The van der Waals surface area contributed by atoms with Gasteiger partial charge >= 0.3 is 0 Å². The van der Waals surface area contributed by atoms with Crippen LogP contribution >= 0.6 is 0 Å². The lowest BCUT2D eigenvalue weighted by molar-refractivity contribution is 0.567. The van der Waals surface area contributed by atoms with Crippen molar-refractivity contribution in [3.63, 3.8) is 0 Å². The normalized spacial score (nSPS) is 12.3. The van der Waals surface area contributed by atoms with Gasteiger partial charge in [0.25, 0.3) is 0 Å². The maximum atomic E-state index is 10.8. The fraction of sp³-hybridized carbons (Fsp3) is 0.143. The Morgan fingerprint density at radius 1 is 1.37 bits per heavy atom. The minimum Gasteiger partial charge on any atom is -0.348 e. The molecule has 5 nitrogen and oxygen atoms in total. The zero-order valence-electron chi connectivity index (χ0n) is 10.3. The van der Waals surface area contributed by atoms with Crippen molar-refractivity contribution in [2.24, 2.45) is 0 Å². The summed E-state index contributed by atoms with van der Waals surface area (Å²) < 4.78 is 0. The minimum atomic E-state index is -0.221. The molecule has 0 aliphatic carbocycles. The predicted molar refractivity (Wildman–Crippen MR) is 71.5 cm³/mol. The summed E-state index contributed by atoms with van der Waals surface area (Å²) in [6.07, 6.45) is 6.71. The van der Waals surface area contributed by atoms with E-state index < -0.39 is 0 Å². The van der Waals surface area contributed by atoms with Crippen LogP contribution in [0.5, 0.6) is 0 Å². The van der Waals surface area contributed by atoms with Gasteiger partial charge in [-0.15, -0.1) is 0 Å². The van der Waals surface area contributed by atoms with Crippen molar-refractivity contribution in [1.29, 1.82) is 0 Å².